The number of carbonyl (C=O) groups excluding carboxylic acids is 2. The van der Waals surface area contributed by atoms with Crippen LogP contribution in [0.5, 0.6) is 5.75 Å². The van der Waals surface area contributed by atoms with E-state index >= 15 is 0 Å². The van der Waals surface area contributed by atoms with Gasteiger partial charge in [-0.2, -0.15) is 0 Å². The summed E-state index contributed by atoms with van der Waals surface area (Å²) in [7, 11) is 0. The molecule has 0 saturated heterocycles. The number of para-hydroxylation sites is 3. The average Bonchev–Trinajstić information content (AvgIpc) is 2.58. The normalized spacial score (nSPS) is 13.0. The van der Waals surface area contributed by atoms with Gasteiger partial charge < -0.3 is 20.3 Å². The predicted octanol–water partition coefficient (Wildman–Crippen LogP) is 2.23. The molecule has 0 saturated carbocycles. The molecule has 6 nitrogen and oxygen atoms in total. The lowest BCUT2D eigenvalue weighted by molar-refractivity contribution is -0.121. The van der Waals surface area contributed by atoms with Gasteiger partial charge in [-0.15, -0.1) is 0 Å². The molecule has 0 atom stereocenters. The first-order valence-corrected chi connectivity index (χ1v) is 7.36. The molecule has 1 aliphatic rings. The Hall–Kier alpha value is -3.02. The molecular formula is C17H17N3O3. The number of nitrogens with one attached hydrogen (secondary N) is 2. The molecule has 1 aliphatic heterocycles. The van der Waals surface area contributed by atoms with E-state index in [0.717, 1.165) is 11.4 Å². The van der Waals surface area contributed by atoms with E-state index in [2.05, 4.69) is 10.6 Å². The number of fused-ring (bicyclic) bond motifs is 1. The third-order valence-corrected chi connectivity index (χ3v) is 3.46. The number of anilines is 2. The van der Waals surface area contributed by atoms with E-state index in [4.69, 9.17) is 4.74 Å². The van der Waals surface area contributed by atoms with Crippen molar-refractivity contribution < 1.29 is 14.3 Å². The maximum atomic E-state index is 12.0. The molecule has 2 aromatic rings. The predicted molar refractivity (Wildman–Crippen MR) is 87.8 cm³/mol. The summed E-state index contributed by atoms with van der Waals surface area (Å²) in [6.45, 7) is 0.757. The lowest BCUT2D eigenvalue weighted by Gasteiger charge is -2.29. The number of hydrogen-bond acceptors (Lipinski definition) is 3. The van der Waals surface area contributed by atoms with Crippen molar-refractivity contribution in [3.63, 3.8) is 0 Å². The molecule has 2 aromatic carbocycles. The number of ether oxygens (including phenoxy) is 1. The van der Waals surface area contributed by atoms with Crippen LogP contribution in [0.15, 0.2) is 54.6 Å². The van der Waals surface area contributed by atoms with Crippen LogP contribution in [0.3, 0.4) is 0 Å². The quantitative estimate of drug-likeness (QED) is 0.909. The Bertz CT molecular complexity index is 703. The Morgan fingerprint density at radius 2 is 1.83 bits per heavy atom. The Labute approximate surface area is 134 Å². The highest BCUT2D eigenvalue weighted by Gasteiger charge is 2.24. The minimum absolute atomic E-state index is 0.0211. The van der Waals surface area contributed by atoms with Crippen LogP contribution in [0.1, 0.15) is 0 Å². The van der Waals surface area contributed by atoms with Crippen molar-refractivity contribution in [2.45, 2.75) is 0 Å². The fourth-order valence-corrected chi connectivity index (χ4v) is 2.38. The molecular weight excluding hydrogens is 294 g/mol. The van der Waals surface area contributed by atoms with Crippen LogP contribution in [0.4, 0.5) is 16.2 Å². The third kappa shape index (κ3) is 3.60. The number of urea groups is 1. The fourth-order valence-electron chi connectivity index (χ4n) is 2.38. The highest BCUT2D eigenvalue weighted by atomic mass is 16.5. The lowest BCUT2D eigenvalue weighted by Crippen LogP contribution is -2.44. The zero-order valence-corrected chi connectivity index (χ0v) is 12.5. The largest absolute Gasteiger partial charge is 0.482 e. The van der Waals surface area contributed by atoms with Gasteiger partial charge in [0, 0.05) is 18.8 Å². The number of carbonyl (C=O) groups is 2. The SMILES string of the molecule is O=C(NCCN1C(=O)COc2ccccc21)Nc1ccccc1. The minimum atomic E-state index is -0.301. The summed E-state index contributed by atoms with van der Waals surface area (Å²) in [6.07, 6.45) is 0. The number of amides is 3. The topological polar surface area (TPSA) is 70.7 Å². The molecule has 0 aliphatic carbocycles. The molecule has 0 unspecified atom stereocenters. The van der Waals surface area contributed by atoms with Gasteiger partial charge in [0.15, 0.2) is 6.61 Å². The summed E-state index contributed by atoms with van der Waals surface area (Å²) in [5, 5.41) is 5.48. The molecule has 0 fully saturated rings. The lowest BCUT2D eigenvalue weighted by atomic mass is 10.2. The maximum absolute atomic E-state index is 12.0. The van der Waals surface area contributed by atoms with Gasteiger partial charge in [-0.25, -0.2) is 4.79 Å². The van der Waals surface area contributed by atoms with Gasteiger partial charge in [0.1, 0.15) is 5.75 Å². The summed E-state index contributed by atoms with van der Waals surface area (Å²) < 4.78 is 5.38. The van der Waals surface area contributed by atoms with Crippen LogP contribution in [0.2, 0.25) is 0 Å². The monoisotopic (exact) mass is 311 g/mol. The van der Waals surface area contributed by atoms with Crippen LogP contribution in [-0.2, 0) is 4.79 Å². The van der Waals surface area contributed by atoms with Crippen LogP contribution in [0, 0.1) is 0 Å². The van der Waals surface area contributed by atoms with Gasteiger partial charge >= 0.3 is 6.03 Å². The molecule has 23 heavy (non-hydrogen) atoms. The van der Waals surface area contributed by atoms with Crippen LogP contribution >= 0.6 is 0 Å². The first-order chi connectivity index (χ1) is 11.2. The number of nitrogens with zero attached hydrogens (tertiary/aromatic N) is 1. The van der Waals surface area contributed by atoms with Gasteiger partial charge in [0.2, 0.25) is 0 Å². The summed E-state index contributed by atoms with van der Waals surface area (Å²) in [6, 6.07) is 16.2. The molecule has 3 rings (SSSR count). The molecule has 3 amide bonds. The van der Waals surface area contributed by atoms with Crippen molar-refractivity contribution in [1.82, 2.24) is 5.32 Å². The van der Waals surface area contributed by atoms with Gasteiger partial charge in [0.25, 0.3) is 5.91 Å². The Kier molecular flexibility index (Phi) is 4.42. The van der Waals surface area contributed by atoms with E-state index in [9.17, 15) is 9.59 Å². The maximum Gasteiger partial charge on any atom is 0.319 e. The van der Waals surface area contributed by atoms with Crippen molar-refractivity contribution in [2.24, 2.45) is 0 Å². The molecule has 2 N–H and O–H groups in total. The van der Waals surface area contributed by atoms with E-state index < -0.39 is 0 Å². The first-order valence-electron chi connectivity index (χ1n) is 7.36. The Morgan fingerprint density at radius 1 is 1.09 bits per heavy atom. The number of rotatable bonds is 4. The molecule has 0 radical (unpaired) electrons. The van der Waals surface area contributed by atoms with E-state index in [1.807, 2.05) is 42.5 Å². The van der Waals surface area contributed by atoms with Crippen molar-refractivity contribution in [2.75, 3.05) is 29.9 Å². The number of hydrogen-bond donors (Lipinski definition) is 2. The third-order valence-electron chi connectivity index (χ3n) is 3.46. The summed E-state index contributed by atoms with van der Waals surface area (Å²) in [5.74, 6) is 0.565. The van der Waals surface area contributed by atoms with Gasteiger partial charge in [0.05, 0.1) is 5.69 Å². The molecule has 1 heterocycles. The van der Waals surface area contributed by atoms with E-state index in [1.54, 1.807) is 17.0 Å². The zero-order valence-electron chi connectivity index (χ0n) is 12.5. The van der Waals surface area contributed by atoms with E-state index in [1.165, 1.54) is 0 Å². The van der Waals surface area contributed by atoms with Crippen LogP contribution < -0.4 is 20.3 Å². The fraction of sp³-hybridized carbons (Fsp3) is 0.176. The summed E-state index contributed by atoms with van der Waals surface area (Å²) in [4.78, 5) is 25.5. The highest BCUT2D eigenvalue weighted by Crippen LogP contribution is 2.30. The van der Waals surface area contributed by atoms with Crippen molar-refractivity contribution in [1.29, 1.82) is 0 Å². The van der Waals surface area contributed by atoms with Crippen molar-refractivity contribution >= 4 is 23.3 Å². The van der Waals surface area contributed by atoms with Gasteiger partial charge in [-0.05, 0) is 24.3 Å². The smallest absolute Gasteiger partial charge is 0.319 e. The van der Waals surface area contributed by atoms with E-state index in [0.29, 0.717) is 18.8 Å². The number of benzene rings is 2. The summed E-state index contributed by atoms with van der Waals surface area (Å²) in [5.41, 5.74) is 1.45. The minimum Gasteiger partial charge on any atom is -0.482 e. The Balaban J connectivity index is 1.54. The molecule has 118 valence electrons. The van der Waals surface area contributed by atoms with Crippen molar-refractivity contribution in [3.8, 4) is 5.75 Å². The molecule has 0 spiro atoms. The standard InChI is InChI=1S/C17H17N3O3/c21-16-12-23-15-9-5-4-8-14(15)20(16)11-10-18-17(22)19-13-6-2-1-3-7-13/h1-9H,10-12H2,(H2,18,19,22). The van der Waals surface area contributed by atoms with Crippen molar-refractivity contribution in [3.05, 3.63) is 54.6 Å². The zero-order chi connectivity index (χ0) is 16.1. The summed E-state index contributed by atoms with van der Waals surface area (Å²) >= 11 is 0. The van der Waals surface area contributed by atoms with E-state index in [-0.39, 0.29) is 18.5 Å². The van der Waals surface area contributed by atoms with Gasteiger partial charge in [-0.3, -0.25) is 4.79 Å². The first kappa shape index (κ1) is 14.9. The van der Waals surface area contributed by atoms with Gasteiger partial charge in [-0.1, -0.05) is 30.3 Å². The van der Waals surface area contributed by atoms with Crippen LogP contribution in [0.25, 0.3) is 0 Å². The molecule has 0 bridgehead atoms. The molecule has 0 aromatic heterocycles. The highest BCUT2D eigenvalue weighted by molar-refractivity contribution is 5.98. The second-order valence-corrected chi connectivity index (χ2v) is 5.05. The van der Waals surface area contributed by atoms with Crippen LogP contribution in [-0.4, -0.2) is 31.6 Å². The second kappa shape index (κ2) is 6.83. The second-order valence-electron chi connectivity index (χ2n) is 5.05. The molecule has 6 heteroatoms. The average molecular weight is 311 g/mol. The Morgan fingerprint density at radius 3 is 2.65 bits per heavy atom.